The molecule has 0 heterocycles. The normalized spacial score (nSPS) is 10.1. The molecule has 20 heavy (non-hydrogen) atoms. The van der Waals surface area contributed by atoms with Crippen LogP contribution in [0, 0.1) is 5.41 Å². The molecule has 2 rings (SSSR count). The van der Waals surface area contributed by atoms with Gasteiger partial charge in [0.05, 0.1) is 5.71 Å². The predicted molar refractivity (Wildman–Crippen MR) is 83.7 cm³/mol. The van der Waals surface area contributed by atoms with Crippen LogP contribution >= 0.6 is 0 Å². The molecule has 0 radical (unpaired) electrons. The molecule has 2 aromatic carbocycles. The SMILES string of the molecule is C=C(CC)COc1ccc(C(=N)c2ccccc2)cc1. The zero-order chi connectivity index (χ0) is 14.4. The summed E-state index contributed by atoms with van der Waals surface area (Å²) in [6.07, 6.45) is 0.927. The lowest BCUT2D eigenvalue weighted by Gasteiger charge is -2.09. The molecule has 0 spiro atoms. The minimum Gasteiger partial charge on any atom is -0.489 e. The van der Waals surface area contributed by atoms with Gasteiger partial charge in [0.2, 0.25) is 0 Å². The molecule has 102 valence electrons. The molecule has 0 amide bonds. The van der Waals surface area contributed by atoms with Crippen molar-refractivity contribution in [3.05, 3.63) is 77.9 Å². The molecule has 2 aromatic rings. The van der Waals surface area contributed by atoms with Gasteiger partial charge >= 0.3 is 0 Å². The number of benzene rings is 2. The summed E-state index contributed by atoms with van der Waals surface area (Å²) in [5, 5.41) is 8.19. The quantitative estimate of drug-likeness (QED) is 0.607. The summed E-state index contributed by atoms with van der Waals surface area (Å²) in [4.78, 5) is 0. The molecule has 0 aliphatic heterocycles. The molecule has 2 nitrogen and oxygen atoms in total. The maximum Gasteiger partial charge on any atom is 0.119 e. The molecule has 0 aromatic heterocycles. The summed E-state index contributed by atoms with van der Waals surface area (Å²) >= 11 is 0. The fourth-order valence-corrected chi connectivity index (χ4v) is 1.78. The first kappa shape index (κ1) is 14.1. The number of hydrogen-bond donors (Lipinski definition) is 1. The number of rotatable bonds is 6. The Balaban J connectivity index is 2.05. The molecule has 0 saturated carbocycles. The van der Waals surface area contributed by atoms with Crippen molar-refractivity contribution in [2.75, 3.05) is 6.61 Å². The monoisotopic (exact) mass is 265 g/mol. The summed E-state index contributed by atoms with van der Waals surface area (Å²) in [5.41, 5.74) is 3.40. The lowest BCUT2D eigenvalue weighted by atomic mass is 10.0. The van der Waals surface area contributed by atoms with Gasteiger partial charge in [0.25, 0.3) is 0 Å². The van der Waals surface area contributed by atoms with E-state index in [4.69, 9.17) is 10.1 Å². The van der Waals surface area contributed by atoms with Gasteiger partial charge in [-0.1, -0.05) is 43.8 Å². The van der Waals surface area contributed by atoms with Gasteiger partial charge in [-0.25, -0.2) is 0 Å². The van der Waals surface area contributed by atoms with Gasteiger partial charge in [0.1, 0.15) is 12.4 Å². The Kier molecular flexibility index (Phi) is 4.72. The highest BCUT2D eigenvalue weighted by Gasteiger charge is 2.04. The van der Waals surface area contributed by atoms with Gasteiger partial charge in [0.15, 0.2) is 0 Å². The van der Waals surface area contributed by atoms with E-state index in [2.05, 4.69) is 13.5 Å². The van der Waals surface area contributed by atoms with Crippen LogP contribution in [0.15, 0.2) is 66.7 Å². The second-order valence-electron chi connectivity index (χ2n) is 4.66. The van der Waals surface area contributed by atoms with Crippen molar-refractivity contribution in [2.45, 2.75) is 13.3 Å². The van der Waals surface area contributed by atoms with E-state index in [0.717, 1.165) is 28.9 Å². The summed E-state index contributed by atoms with van der Waals surface area (Å²) in [6, 6.07) is 17.4. The van der Waals surface area contributed by atoms with Crippen LogP contribution in [0.25, 0.3) is 0 Å². The van der Waals surface area contributed by atoms with E-state index in [1.165, 1.54) is 0 Å². The van der Waals surface area contributed by atoms with Crippen LogP contribution in [0.1, 0.15) is 24.5 Å². The summed E-state index contributed by atoms with van der Waals surface area (Å²) < 4.78 is 5.63. The second-order valence-corrected chi connectivity index (χ2v) is 4.66. The van der Waals surface area contributed by atoms with Crippen molar-refractivity contribution in [3.63, 3.8) is 0 Å². The van der Waals surface area contributed by atoms with Crippen molar-refractivity contribution in [2.24, 2.45) is 0 Å². The Morgan fingerprint density at radius 3 is 2.20 bits per heavy atom. The standard InChI is InChI=1S/C18H19NO/c1-3-14(2)13-20-17-11-9-16(10-12-17)18(19)15-7-5-4-6-8-15/h4-12,19H,2-3,13H2,1H3. The Morgan fingerprint density at radius 1 is 1.00 bits per heavy atom. The van der Waals surface area contributed by atoms with Crippen molar-refractivity contribution in [3.8, 4) is 5.75 Å². The lowest BCUT2D eigenvalue weighted by molar-refractivity contribution is 0.349. The number of ether oxygens (including phenoxy) is 1. The van der Waals surface area contributed by atoms with E-state index in [0.29, 0.717) is 12.3 Å². The first-order valence-electron chi connectivity index (χ1n) is 6.74. The van der Waals surface area contributed by atoms with Gasteiger partial charge in [-0.2, -0.15) is 0 Å². The minimum atomic E-state index is 0.523. The van der Waals surface area contributed by atoms with Gasteiger partial charge in [0, 0.05) is 5.56 Å². The number of hydrogen-bond acceptors (Lipinski definition) is 2. The van der Waals surface area contributed by atoms with Crippen LogP contribution in [0.3, 0.4) is 0 Å². The topological polar surface area (TPSA) is 33.1 Å². The first-order chi connectivity index (χ1) is 9.70. The highest BCUT2D eigenvalue weighted by molar-refractivity contribution is 6.10. The van der Waals surface area contributed by atoms with Crippen LogP contribution in [0.4, 0.5) is 0 Å². The average molecular weight is 265 g/mol. The van der Waals surface area contributed by atoms with Crippen molar-refractivity contribution >= 4 is 5.71 Å². The molecule has 0 unspecified atom stereocenters. The largest absolute Gasteiger partial charge is 0.489 e. The van der Waals surface area contributed by atoms with E-state index in [-0.39, 0.29) is 0 Å². The molecule has 0 aliphatic carbocycles. The Hall–Kier alpha value is -2.35. The third-order valence-electron chi connectivity index (χ3n) is 3.15. The summed E-state index contributed by atoms with van der Waals surface area (Å²) in [5.74, 6) is 0.809. The van der Waals surface area contributed by atoms with Crippen LogP contribution in [0.5, 0.6) is 5.75 Å². The van der Waals surface area contributed by atoms with Gasteiger partial charge in [-0.3, -0.25) is 5.41 Å². The zero-order valence-corrected chi connectivity index (χ0v) is 11.7. The maximum absolute atomic E-state index is 8.19. The molecule has 0 aliphatic rings. The molecule has 0 bridgehead atoms. The molecular formula is C18H19NO. The van der Waals surface area contributed by atoms with Crippen molar-refractivity contribution < 1.29 is 4.74 Å². The first-order valence-corrected chi connectivity index (χ1v) is 6.74. The fourth-order valence-electron chi connectivity index (χ4n) is 1.78. The van der Waals surface area contributed by atoms with E-state index in [1.807, 2.05) is 54.6 Å². The molecule has 0 atom stereocenters. The second kappa shape index (κ2) is 6.71. The predicted octanol–water partition coefficient (Wildman–Crippen LogP) is 4.45. The van der Waals surface area contributed by atoms with E-state index >= 15 is 0 Å². The zero-order valence-electron chi connectivity index (χ0n) is 11.7. The maximum atomic E-state index is 8.19. The third-order valence-corrected chi connectivity index (χ3v) is 3.15. The van der Waals surface area contributed by atoms with Gasteiger partial charge in [-0.05, 0) is 41.8 Å². The fraction of sp³-hybridized carbons (Fsp3) is 0.167. The van der Waals surface area contributed by atoms with Crippen LogP contribution in [-0.4, -0.2) is 12.3 Å². The van der Waals surface area contributed by atoms with Crippen LogP contribution in [-0.2, 0) is 0 Å². The Morgan fingerprint density at radius 2 is 1.60 bits per heavy atom. The van der Waals surface area contributed by atoms with Crippen LogP contribution in [0.2, 0.25) is 0 Å². The van der Waals surface area contributed by atoms with Crippen molar-refractivity contribution in [1.82, 2.24) is 0 Å². The molecule has 1 N–H and O–H groups in total. The molecule has 0 saturated heterocycles. The van der Waals surface area contributed by atoms with Crippen LogP contribution < -0.4 is 4.74 Å². The third kappa shape index (κ3) is 3.58. The number of nitrogens with one attached hydrogen (secondary N) is 1. The molecular weight excluding hydrogens is 246 g/mol. The van der Waals surface area contributed by atoms with Crippen molar-refractivity contribution in [1.29, 1.82) is 5.41 Å². The molecule has 0 fully saturated rings. The van der Waals surface area contributed by atoms with E-state index < -0.39 is 0 Å². The Labute approximate surface area is 120 Å². The van der Waals surface area contributed by atoms with E-state index in [1.54, 1.807) is 0 Å². The lowest BCUT2D eigenvalue weighted by Crippen LogP contribution is -2.02. The Bertz CT molecular complexity index is 585. The minimum absolute atomic E-state index is 0.523. The summed E-state index contributed by atoms with van der Waals surface area (Å²) in [7, 11) is 0. The highest BCUT2D eigenvalue weighted by Crippen LogP contribution is 2.16. The van der Waals surface area contributed by atoms with Gasteiger partial charge < -0.3 is 4.74 Å². The highest BCUT2D eigenvalue weighted by atomic mass is 16.5. The summed E-state index contributed by atoms with van der Waals surface area (Å²) in [6.45, 7) is 6.53. The average Bonchev–Trinajstić information content (AvgIpc) is 2.53. The van der Waals surface area contributed by atoms with Gasteiger partial charge in [-0.15, -0.1) is 0 Å². The molecule has 2 heteroatoms. The smallest absolute Gasteiger partial charge is 0.119 e. The van der Waals surface area contributed by atoms with E-state index in [9.17, 15) is 0 Å².